The summed E-state index contributed by atoms with van der Waals surface area (Å²) in [6.07, 6.45) is 15.6. The van der Waals surface area contributed by atoms with E-state index in [1.165, 1.54) is 44.9 Å². The van der Waals surface area contributed by atoms with Crippen molar-refractivity contribution in [2.24, 2.45) is 35.3 Å². The zero-order valence-electron chi connectivity index (χ0n) is 20.7. The first kappa shape index (κ1) is 23.6. The number of piperidine rings is 1. The van der Waals surface area contributed by atoms with Gasteiger partial charge in [-0.2, -0.15) is 0 Å². The average Bonchev–Trinajstić information content (AvgIpc) is 3.18. The molecule has 2 amide bonds. The van der Waals surface area contributed by atoms with Gasteiger partial charge in [0.05, 0.1) is 6.04 Å². The molecule has 3 saturated carbocycles. The summed E-state index contributed by atoms with van der Waals surface area (Å²) in [4.78, 5) is 30.6. The van der Waals surface area contributed by atoms with Gasteiger partial charge in [-0.25, -0.2) is 0 Å². The molecule has 33 heavy (non-hydrogen) atoms. The Morgan fingerprint density at radius 2 is 1.64 bits per heavy atom. The molecular weight excluding hydrogens is 412 g/mol. The summed E-state index contributed by atoms with van der Waals surface area (Å²) >= 11 is 0. The minimum atomic E-state index is -0.141. The fourth-order valence-corrected chi connectivity index (χ4v) is 8.34. The van der Waals surface area contributed by atoms with Crippen LogP contribution in [0.15, 0.2) is 0 Å². The maximum atomic E-state index is 13.6. The molecule has 6 heteroatoms. The Morgan fingerprint density at radius 1 is 0.879 bits per heavy atom. The molecule has 0 aromatic rings. The van der Waals surface area contributed by atoms with Gasteiger partial charge in [0.2, 0.25) is 11.8 Å². The summed E-state index contributed by atoms with van der Waals surface area (Å²) in [6.45, 7) is 3.19. The molecule has 0 bridgehead atoms. The van der Waals surface area contributed by atoms with E-state index in [1.807, 2.05) is 0 Å². The Hall–Kier alpha value is -1.14. The summed E-state index contributed by atoms with van der Waals surface area (Å²) in [7, 11) is 2.17. The second-order valence-corrected chi connectivity index (χ2v) is 12.2. The second kappa shape index (κ2) is 10.2. The molecule has 2 saturated heterocycles. The van der Waals surface area contributed by atoms with Crippen molar-refractivity contribution in [3.8, 4) is 0 Å². The Balaban J connectivity index is 1.31. The molecule has 3 aliphatic carbocycles. The molecule has 5 aliphatic rings. The van der Waals surface area contributed by atoms with E-state index in [9.17, 15) is 9.59 Å². The summed E-state index contributed by atoms with van der Waals surface area (Å²) in [5.74, 6) is 3.11. The number of nitrogens with zero attached hydrogens (tertiary/aromatic N) is 2. The van der Waals surface area contributed by atoms with Crippen LogP contribution in [0.1, 0.15) is 83.5 Å². The van der Waals surface area contributed by atoms with Crippen molar-refractivity contribution in [3.63, 3.8) is 0 Å². The summed E-state index contributed by atoms with van der Waals surface area (Å²) < 4.78 is 0. The van der Waals surface area contributed by atoms with Crippen LogP contribution in [0.3, 0.4) is 0 Å². The first-order chi connectivity index (χ1) is 16.0. The van der Waals surface area contributed by atoms with Crippen LogP contribution in [0.4, 0.5) is 0 Å². The lowest BCUT2D eigenvalue weighted by molar-refractivity contribution is -0.127. The topological polar surface area (TPSA) is 78.7 Å². The summed E-state index contributed by atoms with van der Waals surface area (Å²) in [5.41, 5.74) is 5.76. The van der Waals surface area contributed by atoms with Crippen molar-refractivity contribution >= 4 is 11.8 Å². The van der Waals surface area contributed by atoms with Crippen LogP contribution in [0.5, 0.6) is 0 Å². The predicted molar refractivity (Wildman–Crippen MR) is 130 cm³/mol. The second-order valence-electron chi connectivity index (χ2n) is 12.2. The number of hydrogen-bond donors (Lipinski definition) is 2. The average molecular weight is 459 g/mol. The summed E-state index contributed by atoms with van der Waals surface area (Å²) in [6, 6.07) is 0.651. The van der Waals surface area contributed by atoms with Gasteiger partial charge in [0.1, 0.15) is 0 Å². The number of carbonyl (C=O) groups is 2. The third-order valence-corrected chi connectivity index (χ3v) is 10.2. The number of rotatable bonds is 5. The van der Waals surface area contributed by atoms with E-state index in [0.717, 1.165) is 75.9 Å². The van der Waals surface area contributed by atoms with Crippen molar-refractivity contribution in [1.29, 1.82) is 0 Å². The SMILES string of the molecule is CN1CCC(NC(=O)C2CC3CCC(C(N)=O)CC3N2CC2CCCC3CCCCC32)CC1. The van der Waals surface area contributed by atoms with Crippen LogP contribution < -0.4 is 11.1 Å². The number of primary amides is 1. The van der Waals surface area contributed by atoms with Crippen molar-refractivity contribution in [3.05, 3.63) is 0 Å². The Labute approximate surface area is 200 Å². The largest absolute Gasteiger partial charge is 0.369 e. The van der Waals surface area contributed by atoms with Gasteiger partial charge < -0.3 is 16.0 Å². The zero-order chi connectivity index (χ0) is 22.9. The van der Waals surface area contributed by atoms with Gasteiger partial charge in [0.15, 0.2) is 0 Å². The van der Waals surface area contributed by atoms with Crippen molar-refractivity contribution in [2.75, 3.05) is 26.7 Å². The predicted octanol–water partition coefficient (Wildman–Crippen LogP) is 3.15. The lowest BCUT2D eigenvalue weighted by atomic mass is 9.65. The lowest BCUT2D eigenvalue weighted by Gasteiger charge is -2.45. The highest BCUT2D eigenvalue weighted by Crippen LogP contribution is 2.47. The van der Waals surface area contributed by atoms with Crippen LogP contribution >= 0.6 is 0 Å². The fourth-order valence-electron chi connectivity index (χ4n) is 8.34. The molecule has 0 aromatic heterocycles. The standard InChI is InChI=1S/C27H46N4O2/c1-30-13-11-22(12-14-30)29-27(33)25-15-19-9-10-20(26(28)32)16-24(19)31(25)17-21-7-4-6-18-5-2-3-8-23(18)21/h18-25H,2-17H2,1H3,(H2,28,32)(H,29,33). The molecule has 0 aromatic carbocycles. The van der Waals surface area contributed by atoms with E-state index in [1.54, 1.807) is 0 Å². The maximum absolute atomic E-state index is 13.6. The maximum Gasteiger partial charge on any atom is 0.237 e. The van der Waals surface area contributed by atoms with Crippen LogP contribution in [0, 0.1) is 29.6 Å². The lowest BCUT2D eigenvalue weighted by Crippen LogP contribution is -2.53. The Kier molecular flexibility index (Phi) is 7.31. The van der Waals surface area contributed by atoms with Crippen LogP contribution in [-0.2, 0) is 9.59 Å². The van der Waals surface area contributed by atoms with Crippen molar-refractivity contribution in [2.45, 2.75) is 102 Å². The Bertz CT molecular complexity index is 704. The minimum absolute atomic E-state index is 0.0155. The number of likely N-dealkylation sites (tertiary alicyclic amines) is 2. The van der Waals surface area contributed by atoms with E-state index in [4.69, 9.17) is 5.73 Å². The van der Waals surface area contributed by atoms with Crippen molar-refractivity contribution in [1.82, 2.24) is 15.1 Å². The molecule has 5 rings (SSSR count). The molecule has 6 nitrogen and oxygen atoms in total. The minimum Gasteiger partial charge on any atom is -0.369 e. The smallest absolute Gasteiger partial charge is 0.237 e. The number of nitrogens with one attached hydrogen (secondary N) is 1. The molecule has 0 spiro atoms. The normalized spacial score (nSPS) is 40.7. The third kappa shape index (κ3) is 5.12. The third-order valence-electron chi connectivity index (χ3n) is 10.2. The first-order valence-electron chi connectivity index (χ1n) is 14.0. The monoisotopic (exact) mass is 458 g/mol. The number of fused-ring (bicyclic) bond motifs is 2. The van der Waals surface area contributed by atoms with Gasteiger partial charge in [-0.1, -0.05) is 32.1 Å². The quantitative estimate of drug-likeness (QED) is 0.663. The molecular formula is C27H46N4O2. The molecule has 2 heterocycles. The number of carbonyl (C=O) groups excluding carboxylic acids is 2. The molecule has 0 radical (unpaired) electrons. The fraction of sp³-hybridized carbons (Fsp3) is 0.926. The highest BCUT2D eigenvalue weighted by atomic mass is 16.2. The number of hydrogen-bond acceptors (Lipinski definition) is 4. The zero-order valence-corrected chi connectivity index (χ0v) is 20.7. The molecule has 7 atom stereocenters. The molecule has 5 fully saturated rings. The van der Waals surface area contributed by atoms with Gasteiger partial charge in [-0.05, 0) is 95.2 Å². The first-order valence-corrected chi connectivity index (χ1v) is 14.0. The summed E-state index contributed by atoms with van der Waals surface area (Å²) in [5, 5.41) is 3.45. The van der Waals surface area contributed by atoms with Crippen LogP contribution in [-0.4, -0.2) is 66.4 Å². The van der Waals surface area contributed by atoms with Gasteiger partial charge in [-0.3, -0.25) is 14.5 Å². The van der Waals surface area contributed by atoms with E-state index in [0.29, 0.717) is 18.0 Å². The van der Waals surface area contributed by atoms with Gasteiger partial charge >= 0.3 is 0 Å². The van der Waals surface area contributed by atoms with E-state index >= 15 is 0 Å². The molecule has 2 aliphatic heterocycles. The van der Waals surface area contributed by atoms with E-state index < -0.39 is 0 Å². The van der Waals surface area contributed by atoms with Gasteiger partial charge in [-0.15, -0.1) is 0 Å². The highest BCUT2D eigenvalue weighted by Gasteiger charge is 2.49. The Morgan fingerprint density at radius 3 is 2.42 bits per heavy atom. The van der Waals surface area contributed by atoms with E-state index in [-0.39, 0.29) is 23.8 Å². The molecule has 3 N–H and O–H groups in total. The number of nitrogens with two attached hydrogens (primary N) is 1. The highest BCUT2D eigenvalue weighted by molar-refractivity contribution is 5.82. The van der Waals surface area contributed by atoms with Crippen molar-refractivity contribution < 1.29 is 9.59 Å². The van der Waals surface area contributed by atoms with E-state index in [2.05, 4.69) is 22.2 Å². The number of amides is 2. The van der Waals surface area contributed by atoms with Gasteiger partial charge in [0, 0.05) is 24.5 Å². The van der Waals surface area contributed by atoms with Crippen LogP contribution in [0.2, 0.25) is 0 Å². The van der Waals surface area contributed by atoms with Gasteiger partial charge in [0.25, 0.3) is 0 Å². The molecule has 7 unspecified atom stereocenters. The van der Waals surface area contributed by atoms with Crippen LogP contribution in [0.25, 0.3) is 0 Å². The molecule has 186 valence electrons.